The molecule has 4 N–H and O–H groups in total. The molecule has 10 heteroatoms. The number of anilines is 1. The van der Waals surface area contributed by atoms with Crippen molar-refractivity contribution < 1.29 is 23.9 Å². The van der Waals surface area contributed by atoms with Crippen molar-refractivity contribution in [1.29, 1.82) is 0 Å². The van der Waals surface area contributed by atoms with Gasteiger partial charge in [-0.1, -0.05) is 55.3 Å². The van der Waals surface area contributed by atoms with Crippen molar-refractivity contribution in [2.75, 3.05) is 11.9 Å². The highest BCUT2D eigenvalue weighted by molar-refractivity contribution is 6.34. The van der Waals surface area contributed by atoms with Crippen LogP contribution in [0.15, 0.2) is 36.4 Å². The smallest absolute Gasteiger partial charge is 0.408 e. The van der Waals surface area contributed by atoms with E-state index >= 15 is 0 Å². The van der Waals surface area contributed by atoms with Crippen LogP contribution in [-0.4, -0.2) is 46.9 Å². The molecule has 0 spiro atoms. The van der Waals surface area contributed by atoms with E-state index in [4.69, 9.17) is 22.1 Å². The maximum absolute atomic E-state index is 14.2. The van der Waals surface area contributed by atoms with Gasteiger partial charge in [0.1, 0.15) is 17.7 Å². The third-order valence-corrected chi connectivity index (χ3v) is 6.90. The number of hydrogen-bond acceptors (Lipinski definition) is 5. The summed E-state index contributed by atoms with van der Waals surface area (Å²) in [6, 6.07) is 8.69. The van der Waals surface area contributed by atoms with Crippen LogP contribution in [0.3, 0.4) is 0 Å². The number of aryl methyl sites for hydroxylation is 3. The van der Waals surface area contributed by atoms with E-state index in [9.17, 15) is 19.2 Å². The number of carbonyl (C=O) groups is 4. The molecule has 2 unspecified atom stereocenters. The number of para-hydroxylation sites is 1. The number of halogens is 1. The number of amides is 4. The molecule has 41 heavy (non-hydrogen) atoms. The number of ether oxygens (including phenoxy) is 1. The van der Waals surface area contributed by atoms with Crippen LogP contribution < -0.4 is 16.4 Å². The van der Waals surface area contributed by atoms with Gasteiger partial charge in [0.05, 0.1) is 10.7 Å². The lowest BCUT2D eigenvalue weighted by atomic mass is 9.97. The zero-order valence-corrected chi connectivity index (χ0v) is 25.9. The Balaban J connectivity index is 2.61. The van der Waals surface area contributed by atoms with Crippen LogP contribution >= 0.6 is 11.6 Å². The molecule has 0 aliphatic heterocycles. The lowest BCUT2D eigenvalue weighted by Gasteiger charge is -2.35. The zero-order chi connectivity index (χ0) is 30.9. The summed E-state index contributed by atoms with van der Waals surface area (Å²) in [5.74, 6) is -1.61. The van der Waals surface area contributed by atoms with Gasteiger partial charge in [0.2, 0.25) is 11.8 Å². The maximum atomic E-state index is 14.2. The Morgan fingerprint density at radius 1 is 1.02 bits per heavy atom. The summed E-state index contributed by atoms with van der Waals surface area (Å²) < 4.78 is 5.38. The molecule has 224 valence electrons. The number of nitrogens with one attached hydrogen (secondary N) is 2. The summed E-state index contributed by atoms with van der Waals surface area (Å²) in [6.07, 6.45) is 0.337. The second-order valence-electron chi connectivity index (χ2n) is 11.3. The highest BCUT2D eigenvalue weighted by Crippen LogP contribution is 2.30. The van der Waals surface area contributed by atoms with Gasteiger partial charge in [-0.05, 0) is 82.7 Å². The number of rotatable bonds is 12. The van der Waals surface area contributed by atoms with Crippen LogP contribution in [0.2, 0.25) is 5.02 Å². The summed E-state index contributed by atoms with van der Waals surface area (Å²) in [6.45, 7) is 13.0. The van der Waals surface area contributed by atoms with Gasteiger partial charge in [-0.3, -0.25) is 14.4 Å². The largest absolute Gasteiger partial charge is 0.444 e. The normalized spacial score (nSPS) is 12.7. The van der Waals surface area contributed by atoms with Gasteiger partial charge in [-0.25, -0.2) is 4.79 Å². The van der Waals surface area contributed by atoms with E-state index in [0.29, 0.717) is 22.7 Å². The predicted octanol–water partition coefficient (Wildman–Crippen LogP) is 5.73. The van der Waals surface area contributed by atoms with E-state index < -0.39 is 41.5 Å². The monoisotopic (exact) mass is 586 g/mol. The van der Waals surface area contributed by atoms with Crippen LogP contribution in [0.4, 0.5) is 10.5 Å². The Kier molecular flexibility index (Phi) is 12.2. The number of primary amides is 1. The van der Waals surface area contributed by atoms with Gasteiger partial charge in [0.15, 0.2) is 0 Å². The molecular formula is C31H43ClN4O5. The summed E-state index contributed by atoms with van der Waals surface area (Å²) in [4.78, 5) is 54.1. The number of nitrogens with two attached hydrogens (primary N) is 1. The second-order valence-corrected chi connectivity index (χ2v) is 11.7. The molecule has 2 rings (SSSR count). The number of benzene rings is 2. The SMILES string of the molecule is CCCCN(C(=O)C(CCC(N)=O)NC(=O)OC(C)(C)C)C(C(=O)Nc1c(C)cccc1Cl)c1ccc(C)c(C)c1. The second kappa shape index (κ2) is 14.9. The number of carbonyl (C=O) groups excluding carboxylic acids is 4. The summed E-state index contributed by atoms with van der Waals surface area (Å²) in [5.41, 5.74) is 8.39. The first-order valence-electron chi connectivity index (χ1n) is 13.9. The van der Waals surface area contributed by atoms with Crippen molar-refractivity contribution >= 4 is 41.1 Å². The fourth-order valence-electron chi connectivity index (χ4n) is 4.28. The zero-order valence-electron chi connectivity index (χ0n) is 25.1. The maximum Gasteiger partial charge on any atom is 0.408 e. The molecule has 4 amide bonds. The average Bonchev–Trinajstić information content (AvgIpc) is 2.86. The van der Waals surface area contributed by atoms with E-state index in [0.717, 1.165) is 23.1 Å². The standard InChI is InChI=1S/C31H43ClN4O5/c1-8-9-17-36(29(39)24(15-16-25(33)37)34-30(40)41-31(5,6)7)27(22-14-13-19(2)21(4)18-22)28(38)35-26-20(3)11-10-12-23(26)32/h10-14,18,24,27H,8-9,15-17H2,1-7H3,(H2,33,37)(H,34,40)(H,35,38). The fourth-order valence-corrected chi connectivity index (χ4v) is 4.55. The topological polar surface area (TPSA) is 131 Å². The van der Waals surface area contributed by atoms with E-state index in [1.165, 1.54) is 4.90 Å². The van der Waals surface area contributed by atoms with Crippen LogP contribution in [0, 0.1) is 20.8 Å². The Morgan fingerprint density at radius 3 is 2.27 bits per heavy atom. The third kappa shape index (κ3) is 10.1. The van der Waals surface area contributed by atoms with Crippen molar-refractivity contribution in [3.63, 3.8) is 0 Å². The average molecular weight is 587 g/mol. The molecule has 0 fully saturated rings. The molecular weight excluding hydrogens is 544 g/mol. The van der Waals surface area contributed by atoms with Gasteiger partial charge < -0.3 is 26.0 Å². The molecule has 9 nitrogen and oxygen atoms in total. The van der Waals surface area contributed by atoms with E-state index in [1.54, 1.807) is 32.9 Å². The molecule has 0 aliphatic rings. The van der Waals surface area contributed by atoms with E-state index in [-0.39, 0.29) is 19.4 Å². The molecule has 0 aromatic heterocycles. The molecule has 0 heterocycles. The Labute approximate surface area is 248 Å². The molecule has 0 aliphatic carbocycles. The van der Waals surface area contributed by atoms with Gasteiger partial charge in [0.25, 0.3) is 5.91 Å². The molecule has 0 radical (unpaired) electrons. The number of unbranched alkanes of at least 4 members (excludes halogenated alkanes) is 1. The van der Waals surface area contributed by atoms with Crippen molar-refractivity contribution in [3.05, 3.63) is 63.7 Å². The summed E-state index contributed by atoms with van der Waals surface area (Å²) in [7, 11) is 0. The van der Waals surface area contributed by atoms with Gasteiger partial charge in [-0.2, -0.15) is 0 Å². The fraction of sp³-hybridized carbons (Fsp3) is 0.484. The molecule has 0 bridgehead atoms. The highest BCUT2D eigenvalue weighted by Gasteiger charge is 2.36. The van der Waals surface area contributed by atoms with Crippen molar-refractivity contribution in [3.8, 4) is 0 Å². The number of nitrogens with zero attached hydrogens (tertiary/aromatic N) is 1. The lowest BCUT2D eigenvalue weighted by molar-refractivity contribution is -0.141. The Morgan fingerprint density at radius 2 is 1.71 bits per heavy atom. The third-order valence-electron chi connectivity index (χ3n) is 6.58. The number of hydrogen-bond donors (Lipinski definition) is 3. The van der Waals surface area contributed by atoms with Crippen molar-refractivity contribution in [1.82, 2.24) is 10.2 Å². The predicted molar refractivity (Wildman–Crippen MR) is 162 cm³/mol. The molecule has 2 atom stereocenters. The molecule has 0 saturated carbocycles. The van der Waals surface area contributed by atoms with E-state index in [2.05, 4.69) is 10.6 Å². The van der Waals surface area contributed by atoms with E-state index in [1.807, 2.05) is 52.0 Å². The highest BCUT2D eigenvalue weighted by atomic mass is 35.5. The van der Waals surface area contributed by atoms with Crippen molar-refractivity contribution in [2.24, 2.45) is 5.73 Å². The van der Waals surface area contributed by atoms with Crippen LogP contribution in [0.1, 0.15) is 81.7 Å². The van der Waals surface area contributed by atoms with Crippen molar-refractivity contribution in [2.45, 2.75) is 91.8 Å². The molecule has 2 aromatic rings. The van der Waals surface area contributed by atoms with Crippen LogP contribution in [0.5, 0.6) is 0 Å². The first kappa shape index (κ1) is 33.6. The van der Waals surface area contributed by atoms with Crippen LogP contribution in [-0.2, 0) is 19.1 Å². The number of alkyl carbamates (subject to hydrolysis) is 1. The van der Waals surface area contributed by atoms with Gasteiger partial charge >= 0.3 is 6.09 Å². The Bertz CT molecular complexity index is 1240. The summed E-state index contributed by atoms with van der Waals surface area (Å²) >= 11 is 6.43. The molecule has 2 aromatic carbocycles. The first-order chi connectivity index (χ1) is 19.1. The first-order valence-corrected chi connectivity index (χ1v) is 14.2. The van der Waals surface area contributed by atoms with Crippen LogP contribution in [0.25, 0.3) is 0 Å². The van der Waals surface area contributed by atoms with Gasteiger partial charge in [0, 0.05) is 13.0 Å². The molecule has 0 saturated heterocycles. The van der Waals surface area contributed by atoms with Gasteiger partial charge in [-0.15, -0.1) is 0 Å². The minimum atomic E-state index is -1.15. The minimum absolute atomic E-state index is 0.0546. The lowest BCUT2D eigenvalue weighted by Crippen LogP contribution is -2.53. The summed E-state index contributed by atoms with van der Waals surface area (Å²) in [5, 5.41) is 5.91. The Hall–Kier alpha value is -3.59. The minimum Gasteiger partial charge on any atom is -0.444 e. The quantitative estimate of drug-likeness (QED) is 0.292.